The molecule has 0 spiro atoms. The molecule has 1 aromatic carbocycles. The second-order valence-corrected chi connectivity index (χ2v) is 14.7. The summed E-state index contributed by atoms with van der Waals surface area (Å²) in [5.74, 6) is 1.26. The normalized spacial score (nSPS) is 16.2. The van der Waals surface area contributed by atoms with Crippen LogP contribution in [-0.2, 0) is 0 Å². The first-order valence-electron chi connectivity index (χ1n) is 14.7. The van der Waals surface area contributed by atoms with E-state index in [0.717, 1.165) is 71.9 Å². The second kappa shape index (κ2) is 14.2. The summed E-state index contributed by atoms with van der Waals surface area (Å²) in [5, 5.41) is 0. The van der Waals surface area contributed by atoms with Crippen molar-refractivity contribution in [2.24, 2.45) is 15.8 Å². The fourth-order valence-corrected chi connectivity index (χ4v) is 6.15. The van der Waals surface area contributed by atoms with Crippen molar-refractivity contribution in [2.45, 2.75) is 54.4 Å². The van der Waals surface area contributed by atoms with Crippen LogP contribution in [0.3, 0.4) is 0 Å². The Morgan fingerprint density at radius 1 is 1.00 bits per heavy atom. The molecule has 0 saturated carbocycles. The van der Waals surface area contributed by atoms with Crippen molar-refractivity contribution in [1.82, 2.24) is 19.6 Å². The average molecular weight is 622 g/mol. The molecule has 0 unspecified atom stereocenters. The van der Waals surface area contributed by atoms with Crippen molar-refractivity contribution in [3.8, 4) is 0 Å². The first kappa shape index (κ1) is 34.5. The van der Waals surface area contributed by atoms with Crippen LogP contribution in [-0.4, -0.2) is 64.1 Å². The zero-order chi connectivity index (χ0) is 32.1. The number of amidine groups is 1. The molecule has 2 aliphatic heterocycles. The largest absolute Gasteiger partial charge is 0.372 e. The van der Waals surface area contributed by atoms with Crippen LogP contribution < -0.4 is 0 Å². The molecule has 0 atom stereocenters. The summed E-state index contributed by atoms with van der Waals surface area (Å²) in [6.07, 6.45) is 7.04. The molecule has 232 valence electrons. The molecular weight excluding hydrogens is 572 g/mol. The van der Waals surface area contributed by atoms with Gasteiger partial charge in [-0.15, -0.1) is 0 Å². The first-order valence-corrected chi connectivity index (χ1v) is 16.0. The highest BCUT2D eigenvalue weighted by Gasteiger charge is 2.28. The summed E-state index contributed by atoms with van der Waals surface area (Å²) in [5.41, 5.74) is 6.54. The molecule has 2 heterocycles. The van der Waals surface area contributed by atoms with Gasteiger partial charge in [0.1, 0.15) is 5.84 Å². The Balaban J connectivity index is 1.89. The topological polar surface area (TPSA) is 25.3 Å². The monoisotopic (exact) mass is 621 g/mol. The Bertz CT molecular complexity index is 1330. The summed E-state index contributed by atoms with van der Waals surface area (Å²) >= 11 is 0.155. The van der Waals surface area contributed by atoms with Gasteiger partial charge in [0.25, 0.3) is 0 Å². The maximum atomic E-state index is 13.8. The lowest BCUT2D eigenvalue weighted by atomic mass is 9.90. The second-order valence-electron chi connectivity index (χ2n) is 13.6. The zero-order valence-electron chi connectivity index (χ0n) is 27.1. The molecule has 0 aliphatic carbocycles. The van der Waals surface area contributed by atoms with Crippen molar-refractivity contribution in [3.05, 3.63) is 102 Å². The summed E-state index contributed by atoms with van der Waals surface area (Å²) in [6.45, 7) is 33.4. The highest BCUT2D eigenvalue weighted by atomic mass is 32.2. The van der Waals surface area contributed by atoms with E-state index in [1.54, 1.807) is 0 Å². The van der Waals surface area contributed by atoms with Crippen LogP contribution in [0.1, 0.15) is 65.5 Å². The minimum atomic E-state index is 0.0351. The quantitative estimate of drug-likeness (QED) is 0.217. The Morgan fingerprint density at radius 3 is 2.16 bits per heavy atom. The van der Waals surface area contributed by atoms with Crippen molar-refractivity contribution >= 4 is 38.0 Å². The van der Waals surface area contributed by atoms with E-state index in [9.17, 15) is 3.89 Å². The molecule has 5 nitrogen and oxygen atoms in total. The van der Waals surface area contributed by atoms with E-state index in [4.69, 9.17) is 4.99 Å². The van der Waals surface area contributed by atoms with Crippen LogP contribution in [0.5, 0.6) is 0 Å². The molecule has 1 aromatic rings. The Labute approximate surface area is 266 Å². The standard InChI is InChI=1S/C35H49FN5PS/c1-12-30(43-36)32-37-31(17-18-38(32)11)40(26(3)24-35(8,9)10)21-19-39(25(2)23-34(5,6)7)20-22-41-27(4)28-15-13-14-16-29(28)33(41)42/h12-18,42H,1-4,19-24H2,5-11H3/b32-30+. The fourth-order valence-electron chi connectivity index (χ4n) is 5.36. The van der Waals surface area contributed by atoms with Crippen LogP contribution >= 0.6 is 21.0 Å². The molecule has 3 rings (SSSR count). The Morgan fingerprint density at radius 2 is 1.60 bits per heavy atom. The van der Waals surface area contributed by atoms with E-state index in [2.05, 4.69) is 116 Å². The number of rotatable bonds is 12. The van der Waals surface area contributed by atoms with Gasteiger partial charge < -0.3 is 19.6 Å². The van der Waals surface area contributed by atoms with Crippen molar-refractivity contribution < 1.29 is 3.89 Å². The van der Waals surface area contributed by atoms with Crippen molar-refractivity contribution in [3.63, 3.8) is 0 Å². The number of allylic oxidation sites excluding steroid dienone is 3. The van der Waals surface area contributed by atoms with E-state index in [-0.39, 0.29) is 23.0 Å². The van der Waals surface area contributed by atoms with Crippen LogP contribution in [0.4, 0.5) is 3.89 Å². The lowest BCUT2D eigenvalue weighted by Crippen LogP contribution is -2.41. The van der Waals surface area contributed by atoms with Crippen molar-refractivity contribution in [2.75, 3.05) is 33.2 Å². The molecule has 0 N–H and O–H groups in total. The van der Waals surface area contributed by atoms with E-state index in [1.165, 1.54) is 6.08 Å². The molecule has 0 amide bonds. The maximum Gasteiger partial charge on any atom is 0.151 e. The minimum Gasteiger partial charge on any atom is -0.372 e. The van der Waals surface area contributed by atoms with Gasteiger partial charge in [0, 0.05) is 67.6 Å². The van der Waals surface area contributed by atoms with Gasteiger partial charge in [0.05, 0.1) is 22.5 Å². The molecule has 8 heteroatoms. The predicted molar refractivity (Wildman–Crippen MR) is 190 cm³/mol. The van der Waals surface area contributed by atoms with Crippen LogP contribution in [0.15, 0.2) is 96.0 Å². The molecule has 2 aliphatic rings. The molecule has 0 aromatic heterocycles. The Kier molecular flexibility index (Phi) is 11.4. The maximum absolute atomic E-state index is 13.8. The van der Waals surface area contributed by atoms with Crippen LogP contribution in [0.25, 0.3) is 5.70 Å². The predicted octanol–water partition coefficient (Wildman–Crippen LogP) is 8.93. The van der Waals surface area contributed by atoms with Gasteiger partial charge in [-0.25, -0.2) is 4.99 Å². The van der Waals surface area contributed by atoms with Gasteiger partial charge in [-0.1, -0.05) is 101 Å². The highest BCUT2D eigenvalue weighted by molar-refractivity contribution is 7.98. The third-order valence-electron chi connectivity index (χ3n) is 7.34. The number of hydrogen-bond acceptors (Lipinski definition) is 5. The van der Waals surface area contributed by atoms with Crippen LogP contribution in [0.2, 0.25) is 0 Å². The lowest BCUT2D eigenvalue weighted by molar-refractivity contribution is 0.261. The summed E-state index contributed by atoms with van der Waals surface area (Å²) in [6, 6.07) is 8.34. The van der Waals surface area contributed by atoms with Gasteiger partial charge in [0.2, 0.25) is 0 Å². The molecule has 0 radical (unpaired) electrons. The van der Waals surface area contributed by atoms with Crippen molar-refractivity contribution in [1.29, 1.82) is 0 Å². The number of hydrogen-bond donors (Lipinski definition) is 0. The van der Waals surface area contributed by atoms with Gasteiger partial charge in [-0.2, -0.15) is 3.89 Å². The highest BCUT2D eigenvalue weighted by Crippen LogP contribution is 2.33. The number of benzene rings is 1. The fraction of sp³-hybridized carbons (Fsp3) is 0.429. The number of aliphatic imine (C=N–C) groups is 1. The summed E-state index contributed by atoms with van der Waals surface area (Å²) in [4.78, 5) is 13.9. The first-order chi connectivity index (χ1) is 20.1. The molecule has 0 saturated heterocycles. The third-order valence-corrected chi connectivity index (χ3v) is 8.40. The molecule has 0 bridgehead atoms. The molecule has 0 fully saturated rings. The summed E-state index contributed by atoms with van der Waals surface area (Å²) < 4.78 is 13.8. The molecular formula is C35H49FN5PS. The SMILES string of the molecule is C=C/C(SF)=C1/N=C(N(CCN(CCN2C(=C)c3ccccc3C2=P)C(=C)CC(C)(C)C)C(=C)CC(C)(C)C)C=CN1C. The number of fused-ring (bicyclic) bond motifs is 1. The number of nitrogens with zero attached hydrogens (tertiary/aromatic N) is 5. The smallest absolute Gasteiger partial charge is 0.151 e. The van der Waals surface area contributed by atoms with Gasteiger partial charge in [-0.05, 0) is 35.8 Å². The van der Waals surface area contributed by atoms with E-state index in [1.807, 2.05) is 24.2 Å². The van der Waals surface area contributed by atoms with Gasteiger partial charge >= 0.3 is 0 Å². The van der Waals surface area contributed by atoms with E-state index in [0.29, 0.717) is 17.3 Å². The lowest BCUT2D eigenvalue weighted by Gasteiger charge is -2.37. The average Bonchev–Trinajstić information content (AvgIpc) is 3.15. The van der Waals surface area contributed by atoms with E-state index >= 15 is 0 Å². The van der Waals surface area contributed by atoms with E-state index < -0.39 is 0 Å². The number of halogens is 1. The minimum absolute atomic E-state index is 0.0351. The van der Waals surface area contributed by atoms with Gasteiger partial charge in [0.15, 0.2) is 5.82 Å². The molecule has 43 heavy (non-hydrogen) atoms. The zero-order valence-corrected chi connectivity index (χ0v) is 29.0. The Hall–Kier alpha value is -3.02. The third kappa shape index (κ3) is 9.00. The van der Waals surface area contributed by atoms with Gasteiger partial charge in [-0.3, -0.25) is 0 Å². The van der Waals surface area contributed by atoms with Crippen LogP contribution in [0, 0.1) is 10.8 Å². The summed E-state index contributed by atoms with van der Waals surface area (Å²) in [7, 11) is 5.75.